The summed E-state index contributed by atoms with van der Waals surface area (Å²) < 4.78 is 1.73. The third kappa shape index (κ3) is 1.59. The first kappa shape index (κ1) is 9.09. The zero-order valence-corrected chi connectivity index (χ0v) is 8.49. The first-order chi connectivity index (χ1) is 6.66. The smallest absolute Gasteiger partial charge is 0.0819 e. The Bertz CT molecular complexity index is 425. The van der Waals surface area contributed by atoms with Gasteiger partial charge in [-0.2, -0.15) is 5.10 Å². The van der Waals surface area contributed by atoms with E-state index in [2.05, 4.69) is 5.10 Å². The molecule has 2 rings (SSSR count). The summed E-state index contributed by atoms with van der Waals surface area (Å²) >= 11 is 5.90. The van der Waals surface area contributed by atoms with E-state index in [1.54, 1.807) is 10.9 Å². The molecule has 2 N–H and O–H groups in total. The normalized spacial score (nSPS) is 10.4. The van der Waals surface area contributed by atoms with Crippen molar-refractivity contribution in [1.29, 1.82) is 0 Å². The van der Waals surface area contributed by atoms with Crippen molar-refractivity contribution in [1.82, 2.24) is 9.78 Å². The number of rotatable bonds is 1. The molecule has 0 unspecified atom stereocenters. The number of hydrogen-bond acceptors (Lipinski definition) is 2. The maximum absolute atomic E-state index is 5.90. The van der Waals surface area contributed by atoms with Gasteiger partial charge in [0, 0.05) is 11.9 Å². The zero-order valence-electron chi connectivity index (χ0n) is 7.74. The van der Waals surface area contributed by atoms with Gasteiger partial charge in [-0.1, -0.05) is 11.6 Å². The molecule has 0 fully saturated rings. The number of nitrogens with two attached hydrogens (primary N) is 1. The Hall–Kier alpha value is -1.48. The van der Waals surface area contributed by atoms with Crippen molar-refractivity contribution in [3.05, 3.63) is 41.2 Å². The maximum Gasteiger partial charge on any atom is 0.0819 e. The van der Waals surface area contributed by atoms with E-state index in [1.807, 2.05) is 31.2 Å². The maximum atomic E-state index is 5.90. The van der Waals surface area contributed by atoms with Crippen LogP contribution >= 0.6 is 11.6 Å². The number of nitrogen functional groups attached to an aromatic ring is 1. The summed E-state index contributed by atoms with van der Waals surface area (Å²) in [6.45, 7) is 1.87. The number of anilines is 1. The van der Waals surface area contributed by atoms with Crippen molar-refractivity contribution in [3.63, 3.8) is 0 Å². The van der Waals surface area contributed by atoms with Gasteiger partial charge in [-0.05, 0) is 31.2 Å². The van der Waals surface area contributed by atoms with E-state index in [0.29, 0.717) is 5.02 Å². The second-order valence-electron chi connectivity index (χ2n) is 3.10. The Kier molecular flexibility index (Phi) is 2.17. The lowest BCUT2D eigenvalue weighted by Crippen LogP contribution is -1.95. The van der Waals surface area contributed by atoms with Gasteiger partial charge in [0.15, 0.2) is 0 Å². The lowest BCUT2D eigenvalue weighted by molar-refractivity contribution is 0.863. The van der Waals surface area contributed by atoms with Crippen LogP contribution < -0.4 is 5.73 Å². The molecule has 72 valence electrons. The Morgan fingerprint density at radius 3 is 2.43 bits per heavy atom. The van der Waals surface area contributed by atoms with Crippen LogP contribution in [0.2, 0.25) is 5.02 Å². The summed E-state index contributed by atoms with van der Waals surface area (Å²) in [5.41, 5.74) is 8.10. The van der Waals surface area contributed by atoms with Crippen LogP contribution in [-0.4, -0.2) is 9.78 Å². The molecule has 0 saturated carbocycles. The minimum atomic E-state index is 0.668. The molecule has 0 aliphatic carbocycles. The molecule has 2 aromatic rings. The topological polar surface area (TPSA) is 43.8 Å². The van der Waals surface area contributed by atoms with Crippen molar-refractivity contribution in [2.24, 2.45) is 0 Å². The fourth-order valence-corrected chi connectivity index (χ4v) is 1.33. The Balaban J connectivity index is 2.44. The van der Waals surface area contributed by atoms with Gasteiger partial charge in [0.2, 0.25) is 0 Å². The molecule has 0 atom stereocenters. The highest BCUT2D eigenvalue weighted by Crippen LogP contribution is 2.16. The number of halogens is 1. The molecule has 3 nitrogen and oxygen atoms in total. The van der Waals surface area contributed by atoms with Crippen LogP contribution in [0, 0.1) is 6.92 Å². The second-order valence-corrected chi connectivity index (χ2v) is 3.51. The van der Waals surface area contributed by atoms with E-state index in [4.69, 9.17) is 17.3 Å². The SMILES string of the molecule is Cc1nn(-c2ccc(N)cc2)cc1Cl. The molecule has 1 aromatic carbocycles. The van der Waals surface area contributed by atoms with Crippen LogP contribution in [0.3, 0.4) is 0 Å². The number of hydrogen-bond donors (Lipinski definition) is 1. The van der Waals surface area contributed by atoms with E-state index >= 15 is 0 Å². The van der Waals surface area contributed by atoms with Crippen molar-refractivity contribution < 1.29 is 0 Å². The minimum absolute atomic E-state index is 0.668. The summed E-state index contributed by atoms with van der Waals surface area (Å²) in [4.78, 5) is 0. The third-order valence-electron chi connectivity index (χ3n) is 2.00. The summed E-state index contributed by atoms with van der Waals surface area (Å²) in [5, 5.41) is 4.92. The van der Waals surface area contributed by atoms with E-state index in [1.165, 1.54) is 0 Å². The first-order valence-electron chi connectivity index (χ1n) is 4.24. The van der Waals surface area contributed by atoms with Gasteiger partial charge in [-0.15, -0.1) is 0 Å². The Morgan fingerprint density at radius 1 is 1.29 bits per heavy atom. The van der Waals surface area contributed by atoms with Crippen LogP contribution in [0.4, 0.5) is 5.69 Å². The van der Waals surface area contributed by atoms with E-state index in [-0.39, 0.29) is 0 Å². The van der Waals surface area contributed by atoms with E-state index in [0.717, 1.165) is 17.1 Å². The van der Waals surface area contributed by atoms with Crippen LogP contribution in [-0.2, 0) is 0 Å². The Morgan fingerprint density at radius 2 is 1.93 bits per heavy atom. The molecule has 0 aliphatic heterocycles. The van der Waals surface area contributed by atoms with Crippen molar-refractivity contribution in [2.75, 3.05) is 5.73 Å². The van der Waals surface area contributed by atoms with Crippen molar-refractivity contribution in [2.45, 2.75) is 6.92 Å². The average molecular weight is 208 g/mol. The molecule has 14 heavy (non-hydrogen) atoms. The van der Waals surface area contributed by atoms with E-state index < -0.39 is 0 Å². The van der Waals surface area contributed by atoms with Crippen LogP contribution in [0.5, 0.6) is 0 Å². The lowest BCUT2D eigenvalue weighted by atomic mass is 10.3. The van der Waals surface area contributed by atoms with Gasteiger partial charge in [-0.3, -0.25) is 0 Å². The zero-order chi connectivity index (χ0) is 10.1. The van der Waals surface area contributed by atoms with Gasteiger partial charge in [0.1, 0.15) is 0 Å². The van der Waals surface area contributed by atoms with Gasteiger partial charge in [0.05, 0.1) is 16.4 Å². The highest BCUT2D eigenvalue weighted by molar-refractivity contribution is 6.31. The molecule has 0 bridgehead atoms. The standard InChI is InChI=1S/C10H10ClN3/c1-7-10(11)6-14(13-7)9-4-2-8(12)3-5-9/h2-6H,12H2,1H3. The molecule has 1 aromatic heterocycles. The number of aromatic nitrogens is 2. The predicted molar refractivity (Wildman–Crippen MR) is 57.7 cm³/mol. The molecule has 0 radical (unpaired) electrons. The summed E-state index contributed by atoms with van der Waals surface area (Å²) in [6, 6.07) is 7.47. The predicted octanol–water partition coefficient (Wildman–Crippen LogP) is 2.42. The molecule has 0 aliphatic rings. The minimum Gasteiger partial charge on any atom is -0.399 e. The van der Waals surface area contributed by atoms with Gasteiger partial charge in [-0.25, -0.2) is 4.68 Å². The van der Waals surface area contributed by atoms with Crippen LogP contribution in [0.15, 0.2) is 30.5 Å². The molecule has 0 amide bonds. The molecule has 1 heterocycles. The average Bonchev–Trinajstić information content (AvgIpc) is 2.48. The molecular weight excluding hydrogens is 198 g/mol. The number of benzene rings is 1. The molecule has 4 heteroatoms. The van der Waals surface area contributed by atoms with Gasteiger partial charge >= 0.3 is 0 Å². The van der Waals surface area contributed by atoms with E-state index in [9.17, 15) is 0 Å². The monoisotopic (exact) mass is 207 g/mol. The lowest BCUT2D eigenvalue weighted by Gasteiger charge is -2.00. The summed E-state index contributed by atoms with van der Waals surface area (Å²) in [5.74, 6) is 0. The number of nitrogens with zero attached hydrogens (tertiary/aromatic N) is 2. The summed E-state index contributed by atoms with van der Waals surface area (Å²) in [7, 11) is 0. The highest BCUT2D eigenvalue weighted by Gasteiger charge is 2.02. The van der Waals surface area contributed by atoms with Crippen LogP contribution in [0.25, 0.3) is 5.69 Å². The largest absolute Gasteiger partial charge is 0.399 e. The van der Waals surface area contributed by atoms with Gasteiger partial charge in [0.25, 0.3) is 0 Å². The Labute approximate surface area is 87.1 Å². The molecular formula is C10H10ClN3. The first-order valence-corrected chi connectivity index (χ1v) is 4.62. The van der Waals surface area contributed by atoms with Crippen molar-refractivity contribution in [3.8, 4) is 5.69 Å². The molecule has 0 spiro atoms. The van der Waals surface area contributed by atoms with Gasteiger partial charge < -0.3 is 5.73 Å². The summed E-state index contributed by atoms with van der Waals surface area (Å²) in [6.07, 6.45) is 1.78. The quantitative estimate of drug-likeness (QED) is 0.730. The number of aryl methyl sites for hydroxylation is 1. The molecule has 0 saturated heterocycles. The second kappa shape index (κ2) is 3.35. The fourth-order valence-electron chi connectivity index (χ4n) is 1.20. The third-order valence-corrected chi connectivity index (χ3v) is 2.37. The van der Waals surface area contributed by atoms with Crippen LogP contribution in [0.1, 0.15) is 5.69 Å². The fraction of sp³-hybridized carbons (Fsp3) is 0.100. The highest BCUT2D eigenvalue weighted by atomic mass is 35.5. The van der Waals surface area contributed by atoms with Crippen molar-refractivity contribution >= 4 is 17.3 Å².